The number of hydrogen-bond acceptors (Lipinski definition) is 6. The van der Waals surface area contributed by atoms with Crippen molar-refractivity contribution in [3.05, 3.63) is 81.1 Å². The highest BCUT2D eigenvalue weighted by Crippen LogP contribution is 2.34. The third-order valence-electron chi connectivity index (χ3n) is 8.11. The van der Waals surface area contributed by atoms with Crippen LogP contribution in [0.15, 0.2) is 58.4 Å². The van der Waals surface area contributed by atoms with Gasteiger partial charge in [0, 0.05) is 41.5 Å². The second-order valence-electron chi connectivity index (χ2n) is 11.6. The van der Waals surface area contributed by atoms with Gasteiger partial charge in [-0.2, -0.15) is 16.7 Å². The largest absolute Gasteiger partial charge is 0.388 e. The molecule has 2 unspecified atom stereocenters. The first kappa shape index (κ1) is 35.7. The second-order valence-corrected chi connectivity index (χ2v) is 13.0. The van der Waals surface area contributed by atoms with E-state index in [9.17, 15) is 4.79 Å². The quantitative estimate of drug-likeness (QED) is 0.0613. The van der Waals surface area contributed by atoms with Gasteiger partial charge in [-0.1, -0.05) is 37.6 Å². The number of nitrogens with two attached hydrogens (primary N) is 2. The van der Waals surface area contributed by atoms with Gasteiger partial charge >= 0.3 is 5.69 Å². The lowest BCUT2D eigenvalue weighted by Gasteiger charge is -2.18. The Balaban J connectivity index is 0.00000235. The molecule has 1 aliphatic rings. The number of amidine groups is 1. The van der Waals surface area contributed by atoms with Crippen LogP contribution in [0.3, 0.4) is 0 Å². The zero-order valence-electron chi connectivity index (χ0n) is 27.3. The van der Waals surface area contributed by atoms with E-state index in [1.807, 2.05) is 50.2 Å². The lowest BCUT2D eigenvalue weighted by molar-refractivity contribution is 0.528. The minimum atomic E-state index is -0.502. The highest BCUT2D eigenvalue weighted by atomic mass is 35.5. The Morgan fingerprint density at radius 3 is 2.63 bits per heavy atom. The zero-order chi connectivity index (χ0) is 33.2. The molecule has 11 heteroatoms. The third-order valence-corrected chi connectivity index (χ3v) is 9.05. The van der Waals surface area contributed by atoms with E-state index in [0.29, 0.717) is 46.3 Å². The average Bonchev–Trinajstić information content (AvgIpc) is 3.82. The normalized spacial score (nSPS) is 14.6. The van der Waals surface area contributed by atoms with Crippen molar-refractivity contribution in [3.63, 3.8) is 0 Å². The van der Waals surface area contributed by atoms with Crippen LogP contribution in [0.4, 0.5) is 4.39 Å². The van der Waals surface area contributed by atoms with Crippen molar-refractivity contribution in [3.8, 4) is 16.9 Å². The highest BCUT2D eigenvalue weighted by molar-refractivity contribution is 7.98. The fourth-order valence-electron chi connectivity index (χ4n) is 5.53. The molecule has 0 saturated heterocycles. The number of nitrogens with zero attached hydrogens (tertiary/aromatic N) is 3. The second kappa shape index (κ2) is 17.1. The third kappa shape index (κ3) is 9.44. The van der Waals surface area contributed by atoms with Crippen LogP contribution in [0.25, 0.3) is 28.0 Å². The van der Waals surface area contributed by atoms with Crippen LogP contribution in [0.1, 0.15) is 70.0 Å². The molecule has 2 heterocycles. The number of aliphatic imine (C=N–C) groups is 1. The van der Waals surface area contributed by atoms with E-state index < -0.39 is 11.5 Å². The number of hydrogen-bond donors (Lipinski definition) is 4. The molecule has 6 N–H and O–H groups in total. The fourth-order valence-corrected chi connectivity index (χ4v) is 6.42. The Hall–Kier alpha value is -3.18. The molecule has 0 amide bonds. The summed E-state index contributed by atoms with van der Waals surface area (Å²) in [6.45, 7) is 7.31. The number of H-pyrrole nitrogens is 1. The summed E-state index contributed by atoms with van der Waals surface area (Å²) in [5.41, 5.74) is 15.5. The molecule has 1 aliphatic carbocycles. The number of aryl methyl sites for hydroxylation is 1. The zero-order valence-corrected chi connectivity index (χ0v) is 28.9. The average molecular weight is 668 g/mol. The summed E-state index contributed by atoms with van der Waals surface area (Å²) in [5.74, 6) is 1.66. The summed E-state index contributed by atoms with van der Waals surface area (Å²) in [6, 6.07) is 13.6. The number of rotatable bonds is 15. The van der Waals surface area contributed by atoms with Gasteiger partial charge in [-0.05, 0) is 106 Å². The van der Waals surface area contributed by atoms with Crippen LogP contribution in [0.5, 0.6) is 0 Å². The molecule has 0 spiro atoms. The summed E-state index contributed by atoms with van der Waals surface area (Å²) in [5, 5.41) is 4.36. The molecule has 248 valence electrons. The molecule has 0 aliphatic heterocycles. The summed E-state index contributed by atoms with van der Waals surface area (Å²) in [7, 11) is 0. The minimum Gasteiger partial charge on any atom is -0.388 e. The van der Waals surface area contributed by atoms with Crippen LogP contribution >= 0.6 is 23.4 Å². The molecule has 5 rings (SSSR count). The van der Waals surface area contributed by atoms with Crippen LogP contribution in [0.2, 0.25) is 5.02 Å². The Bertz CT molecular complexity index is 1660. The molecule has 2 aromatic heterocycles. The standard InChI is InChI=1S/C33H41ClFN7OS.C2H6/c1-20(36)38-13-4-14-39-30(19-44-2)23-9-11-25(12-10-23)42-18-24-17-29(40-32(24)41-33(42)43)26-15-21(16-27(34)31(26)35)5-3-6-28(37)22-7-8-22;1-2/h9-12,15-18,22,28,30,39H,3-8,13-14,19,37H2,1-2H3,(H2,36,38)(H,40,41,43);1-2H3. The van der Waals surface area contributed by atoms with E-state index in [-0.39, 0.29) is 17.1 Å². The molecule has 0 bridgehead atoms. The van der Waals surface area contributed by atoms with Crippen LogP contribution < -0.4 is 22.5 Å². The lowest BCUT2D eigenvalue weighted by Crippen LogP contribution is -2.25. The van der Waals surface area contributed by atoms with Crippen molar-refractivity contribution in [2.45, 2.75) is 71.4 Å². The Morgan fingerprint density at radius 1 is 1.22 bits per heavy atom. The van der Waals surface area contributed by atoms with Gasteiger partial charge in [0.25, 0.3) is 0 Å². The number of aromatic amines is 1. The summed E-state index contributed by atoms with van der Waals surface area (Å²) in [6.07, 6.45) is 9.79. The molecule has 8 nitrogen and oxygen atoms in total. The molecule has 2 atom stereocenters. The number of aromatic nitrogens is 3. The topological polar surface area (TPSA) is 127 Å². The van der Waals surface area contributed by atoms with Gasteiger partial charge in [-0.3, -0.25) is 9.56 Å². The molecule has 1 fully saturated rings. The van der Waals surface area contributed by atoms with Crippen molar-refractivity contribution >= 4 is 40.2 Å². The molecular formula is C35H47ClFN7OS. The molecule has 1 saturated carbocycles. The molecule has 4 aromatic rings. The molecule has 2 aromatic carbocycles. The number of halogens is 2. The van der Waals surface area contributed by atoms with E-state index >= 15 is 4.39 Å². The fraction of sp³-hybridized carbons (Fsp3) is 0.457. The first-order valence-electron chi connectivity index (χ1n) is 16.2. The lowest BCUT2D eigenvalue weighted by atomic mass is 10.00. The van der Waals surface area contributed by atoms with Gasteiger partial charge in [0.1, 0.15) is 5.65 Å². The smallest absolute Gasteiger partial charge is 0.354 e. The summed E-state index contributed by atoms with van der Waals surface area (Å²) >= 11 is 8.08. The first-order valence-corrected chi connectivity index (χ1v) is 18.0. The maximum absolute atomic E-state index is 15.2. The van der Waals surface area contributed by atoms with E-state index in [2.05, 4.69) is 26.5 Å². The van der Waals surface area contributed by atoms with Crippen LogP contribution in [0, 0.1) is 11.7 Å². The maximum atomic E-state index is 15.2. The molecule has 0 radical (unpaired) electrons. The molecular weight excluding hydrogens is 621 g/mol. The van der Waals surface area contributed by atoms with E-state index in [1.165, 1.54) is 17.4 Å². The Kier molecular flexibility index (Phi) is 13.3. The first-order chi connectivity index (χ1) is 22.2. The molecule has 46 heavy (non-hydrogen) atoms. The van der Waals surface area contributed by atoms with E-state index in [4.69, 9.17) is 23.1 Å². The van der Waals surface area contributed by atoms with Gasteiger partial charge in [0.15, 0.2) is 5.82 Å². The van der Waals surface area contributed by atoms with Gasteiger partial charge in [0.05, 0.1) is 22.2 Å². The van der Waals surface area contributed by atoms with Crippen molar-refractivity contribution in [1.29, 1.82) is 0 Å². The van der Waals surface area contributed by atoms with Crippen LogP contribution in [-0.4, -0.2) is 51.5 Å². The number of benzene rings is 2. The predicted octanol–water partition coefficient (Wildman–Crippen LogP) is 7.02. The Labute approximate surface area is 280 Å². The van der Waals surface area contributed by atoms with E-state index in [0.717, 1.165) is 49.1 Å². The number of thioether (sulfide) groups is 1. The number of fused-ring (bicyclic) bond motifs is 1. The number of nitrogens with one attached hydrogen (secondary N) is 2. The Morgan fingerprint density at radius 2 is 1.96 bits per heavy atom. The summed E-state index contributed by atoms with van der Waals surface area (Å²) < 4.78 is 16.7. The monoisotopic (exact) mass is 667 g/mol. The van der Waals surface area contributed by atoms with Gasteiger partial charge in [-0.15, -0.1) is 0 Å². The highest BCUT2D eigenvalue weighted by Gasteiger charge is 2.27. The summed E-state index contributed by atoms with van der Waals surface area (Å²) in [4.78, 5) is 24.7. The van der Waals surface area contributed by atoms with Gasteiger partial charge in [-0.25, -0.2) is 9.18 Å². The minimum absolute atomic E-state index is 0.0729. The maximum Gasteiger partial charge on any atom is 0.354 e. The van der Waals surface area contributed by atoms with Crippen molar-refractivity contribution < 1.29 is 4.39 Å². The van der Waals surface area contributed by atoms with Gasteiger partial charge < -0.3 is 21.8 Å². The van der Waals surface area contributed by atoms with Crippen molar-refractivity contribution in [2.75, 3.05) is 25.1 Å². The predicted molar refractivity (Wildman–Crippen MR) is 193 cm³/mol. The van der Waals surface area contributed by atoms with Gasteiger partial charge in [0.2, 0.25) is 0 Å². The van der Waals surface area contributed by atoms with E-state index in [1.54, 1.807) is 30.9 Å². The van der Waals surface area contributed by atoms with Crippen molar-refractivity contribution in [1.82, 2.24) is 19.9 Å². The SMILES string of the molecule is CC.CSCC(NCCCN=C(C)N)c1ccc(-n2cc3cc(-c4cc(CCCC(N)C5CC5)cc(Cl)c4F)[nH]c3nc2=O)cc1. The van der Waals surface area contributed by atoms with Crippen molar-refractivity contribution in [2.24, 2.45) is 22.4 Å². The van der Waals surface area contributed by atoms with Crippen LogP contribution in [-0.2, 0) is 6.42 Å².